The van der Waals surface area contributed by atoms with Crippen LogP contribution in [0.3, 0.4) is 0 Å². The minimum Gasteiger partial charge on any atom is -0.240 e. The summed E-state index contributed by atoms with van der Waals surface area (Å²) in [7, 11) is 0. The Morgan fingerprint density at radius 1 is 1.08 bits per heavy atom. The Hall–Kier alpha value is -0.420. The van der Waals surface area contributed by atoms with Crippen LogP contribution in [-0.4, -0.2) is 18.3 Å². The van der Waals surface area contributed by atoms with Crippen molar-refractivity contribution >= 4 is 0 Å². The fourth-order valence-corrected chi connectivity index (χ4v) is 0.682. The predicted octanol–water partition coefficient (Wildman–Crippen LogP) is 3.53. The Bertz CT molecular complexity index is 150. The molecule has 0 saturated heterocycles. The zero-order chi connectivity index (χ0) is 10.7. The molecular formula is C7H9F6. The third-order valence-electron chi connectivity index (χ3n) is 1.48. The topological polar surface area (TPSA) is 0 Å². The van der Waals surface area contributed by atoms with Gasteiger partial charge in [0.2, 0.25) is 0 Å². The maximum Gasteiger partial charge on any atom is 0.456 e. The lowest BCUT2D eigenvalue weighted by Gasteiger charge is -2.22. The number of rotatable bonds is 4. The summed E-state index contributed by atoms with van der Waals surface area (Å²) in [5.74, 6) is -5.25. The van der Waals surface area contributed by atoms with Crippen molar-refractivity contribution in [3.8, 4) is 0 Å². The van der Waals surface area contributed by atoms with Crippen LogP contribution in [-0.2, 0) is 0 Å². The molecule has 0 aliphatic heterocycles. The molecule has 6 heteroatoms. The highest BCUT2D eigenvalue weighted by molar-refractivity contribution is 4.84. The van der Waals surface area contributed by atoms with Gasteiger partial charge in [0.1, 0.15) is 0 Å². The van der Waals surface area contributed by atoms with Gasteiger partial charge in [-0.25, -0.2) is 4.39 Å². The van der Waals surface area contributed by atoms with E-state index in [1.54, 1.807) is 0 Å². The second kappa shape index (κ2) is 4.19. The Balaban J connectivity index is 4.27. The Morgan fingerprint density at radius 2 is 1.54 bits per heavy atom. The van der Waals surface area contributed by atoms with Gasteiger partial charge < -0.3 is 0 Å². The molecule has 0 aliphatic rings. The fraction of sp³-hybridized carbons (Fsp3) is 0.857. The van der Waals surface area contributed by atoms with Crippen LogP contribution in [0.1, 0.15) is 19.3 Å². The average Bonchev–Trinajstić information content (AvgIpc) is 1.97. The molecule has 0 nitrogen and oxygen atoms in total. The SMILES string of the molecule is [CH2]CCC[C@H](F)C(F)(F)C(F)(F)F. The van der Waals surface area contributed by atoms with E-state index in [-0.39, 0.29) is 12.8 Å². The zero-order valence-corrected chi connectivity index (χ0v) is 6.67. The van der Waals surface area contributed by atoms with Crippen molar-refractivity contribution in [2.75, 3.05) is 0 Å². The highest BCUT2D eigenvalue weighted by atomic mass is 19.4. The van der Waals surface area contributed by atoms with E-state index in [1.807, 2.05) is 0 Å². The van der Waals surface area contributed by atoms with Gasteiger partial charge in [-0.3, -0.25) is 0 Å². The van der Waals surface area contributed by atoms with Gasteiger partial charge >= 0.3 is 12.1 Å². The molecule has 0 saturated carbocycles. The third kappa shape index (κ3) is 3.08. The van der Waals surface area contributed by atoms with Crippen LogP contribution in [0.2, 0.25) is 0 Å². The van der Waals surface area contributed by atoms with Crippen LogP contribution in [0.25, 0.3) is 0 Å². The van der Waals surface area contributed by atoms with Crippen LogP contribution >= 0.6 is 0 Å². The standard InChI is InChI=1S/C7H9F6/c1-2-3-4-5(8)6(9,10)7(11,12)13/h5H,1-4H2/t5-/m0/s1. The Morgan fingerprint density at radius 3 is 1.85 bits per heavy atom. The Kier molecular flexibility index (Phi) is 4.06. The van der Waals surface area contributed by atoms with E-state index in [2.05, 4.69) is 6.92 Å². The van der Waals surface area contributed by atoms with Crippen molar-refractivity contribution in [2.24, 2.45) is 0 Å². The maximum atomic E-state index is 12.4. The van der Waals surface area contributed by atoms with E-state index in [0.29, 0.717) is 0 Å². The number of hydrogen-bond acceptors (Lipinski definition) is 0. The first-order valence-electron chi connectivity index (χ1n) is 3.61. The second-order valence-electron chi connectivity index (χ2n) is 2.58. The van der Waals surface area contributed by atoms with Gasteiger partial charge in [-0.05, 0) is 6.42 Å². The fourth-order valence-electron chi connectivity index (χ4n) is 0.682. The highest BCUT2D eigenvalue weighted by Crippen LogP contribution is 2.40. The van der Waals surface area contributed by atoms with E-state index < -0.39 is 24.7 Å². The molecule has 0 amide bonds. The average molecular weight is 207 g/mol. The first-order valence-corrected chi connectivity index (χ1v) is 3.61. The van der Waals surface area contributed by atoms with Crippen LogP contribution in [0.5, 0.6) is 0 Å². The minimum atomic E-state index is -5.81. The summed E-state index contributed by atoms with van der Waals surface area (Å²) >= 11 is 0. The molecule has 0 aromatic carbocycles. The van der Waals surface area contributed by atoms with Crippen LogP contribution in [0.4, 0.5) is 26.3 Å². The first kappa shape index (κ1) is 12.6. The number of hydrogen-bond donors (Lipinski definition) is 0. The molecule has 0 bridgehead atoms. The molecule has 13 heavy (non-hydrogen) atoms. The molecule has 0 N–H and O–H groups in total. The lowest BCUT2D eigenvalue weighted by Crippen LogP contribution is -2.44. The molecule has 0 fully saturated rings. The van der Waals surface area contributed by atoms with E-state index in [4.69, 9.17) is 0 Å². The number of unbranched alkanes of at least 4 members (excludes halogenated alkanes) is 1. The number of halogens is 6. The van der Waals surface area contributed by atoms with Gasteiger partial charge in [0.15, 0.2) is 6.17 Å². The molecule has 0 unspecified atom stereocenters. The molecule has 0 spiro atoms. The molecule has 0 aromatic rings. The van der Waals surface area contributed by atoms with Gasteiger partial charge in [-0.2, -0.15) is 22.0 Å². The maximum absolute atomic E-state index is 12.4. The highest BCUT2D eigenvalue weighted by Gasteiger charge is 2.62. The molecule has 0 rings (SSSR count). The minimum absolute atomic E-state index is 0.0904. The summed E-state index contributed by atoms with van der Waals surface area (Å²) in [5.41, 5.74) is 0. The molecule has 0 aromatic heterocycles. The Labute approximate surface area is 71.9 Å². The third-order valence-corrected chi connectivity index (χ3v) is 1.48. The molecular weight excluding hydrogens is 198 g/mol. The van der Waals surface area contributed by atoms with Crippen LogP contribution in [0, 0.1) is 6.92 Å². The van der Waals surface area contributed by atoms with Gasteiger partial charge in [-0.1, -0.05) is 19.8 Å². The van der Waals surface area contributed by atoms with Crippen molar-refractivity contribution in [1.29, 1.82) is 0 Å². The van der Waals surface area contributed by atoms with Crippen LogP contribution in [0.15, 0.2) is 0 Å². The van der Waals surface area contributed by atoms with Crippen LogP contribution < -0.4 is 0 Å². The summed E-state index contributed by atoms with van der Waals surface area (Å²) in [6.45, 7) is 3.21. The van der Waals surface area contributed by atoms with E-state index in [1.165, 1.54) is 0 Å². The zero-order valence-electron chi connectivity index (χ0n) is 6.67. The predicted molar refractivity (Wildman–Crippen MR) is 35.1 cm³/mol. The summed E-state index contributed by atoms with van der Waals surface area (Å²) < 4.78 is 71.1. The lowest BCUT2D eigenvalue weighted by molar-refractivity contribution is -0.303. The van der Waals surface area contributed by atoms with Crippen molar-refractivity contribution in [3.05, 3.63) is 6.92 Å². The van der Waals surface area contributed by atoms with Crippen molar-refractivity contribution in [3.63, 3.8) is 0 Å². The largest absolute Gasteiger partial charge is 0.456 e. The van der Waals surface area contributed by atoms with Crippen molar-refractivity contribution in [2.45, 2.75) is 37.5 Å². The number of alkyl halides is 6. The van der Waals surface area contributed by atoms with E-state index in [9.17, 15) is 26.3 Å². The summed E-state index contributed by atoms with van der Waals surface area (Å²) in [4.78, 5) is 0. The second-order valence-corrected chi connectivity index (χ2v) is 2.58. The van der Waals surface area contributed by atoms with E-state index >= 15 is 0 Å². The molecule has 1 radical (unpaired) electrons. The van der Waals surface area contributed by atoms with Gasteiger partial charge in [0, 0.05) is 0 Å². The summed E-state index contributed by atoms with van der Waals surface area (Å²) in [5, 5.41) is 0. The van der Waals surface area contributed by atoms with E-state index in [0.717, 1.165) is 0 Å². The van der Waals surface area contributed by atoms with Gasteiger partial charge in [0.05, 0.1) is 0 Å². The first-order chi connectivity index (χ1) is 5.73. The molecule has 0 heterocycles. The van der Waals surface area contributed by atoms with Crippen molar-refractivity contribution in [1.82, 2.24) is 0 Å². The van der Waals surface area contributed by atoms with Gasteiger partial charge in [-0.15, -0.1) is 0 Å². The molecule has 1 atom stereocenters. The quantitative estimate of drug-likeness (QED) is 0.618. The summed E-state index contributed by atoms with van der Waals surface area (Å²) in [6, 6.07) is 0. The molecule has 79 valence electrons. The van der Waals surface area contributed by atoms with Gasteiger partial charge in [0.25, 0.3) is 0 Å². The molecule has 0 aliphatic carbocycles. The lowest BCUT2D eigenvalue weighted by atomic mass is 10.1. The normalized spacial score (nSPS) is 15.9. The monoisotopic (exact) mass is 207 g/mol. The van der Waals surface area contributed by atoms with Crippen molar-refractivity contribution < 1.29 is 26.3 Å². The smallest absolute Gasteiger partial charge is 0.240 e. The summed E-state index contributed by atoms with van der Waals surface area (Å²) in [6.07, 6.45) is -9.76.